The van der Waals surface area contributed by atoms with E-state index in [0.717, 1.165) is 0 Å². The molecule has 5 rings (SSSR count). The third-order valence-electron chi connectivity index (χ3n) is 6.68. The summed E-state index contributed by atoms with van der Waals surface area (Å²) in [5.74, 6) is -0.774. The molecule has 1 saturated carbocycles. The zero-order valence-electron chi connectivity index (χ0n) is 20.5. The van der Waals surface area contributed by atoms with Gasteiger partial charge in [0.25, 0.3) is 0 Å². The topological polar surface area (TPSA) is 157 Å². The second kappa shape index (κ2) is 9.70. The van der Waals surface area contributed by atoms with Crippen molar-refractivity contribution in [3.8, 4) is 16.9 Å². The number of carbonyl (C=O) groups is 1. The highest BCUT2D eigenvalue weighted by molar-refractivity contribution is 7.89. The van der Waals surface area contributed by atoms with Gasteiger partial charge in [-0.25, -0.2) is 13.4 Å². The zero-order valence-corrected chi connectivity index (χ0v) is 22.1. The first-order chi connectivity index (χ1) is 18.4. The number of aliphatic hydroxyl groups is 1. The predicted octanol–water partition coefficient (Wildman–Crippen LogP) is 1.48. The van der Waals surface area contributed by atoms with Crippen LogP contribution in [0, 0.1) is 17.2 Å². The predicted molar refractivity (Wildman–Crippen MR) is 132 cm³/mol. The molecule has 1 amide bonds. The number of nitrogens with one attached hydrogen (secondary N) is 1. The van der Waals surface area contributed by atoms with Crippen LogP contribution in [0.3, 0.4) is 0 Å². The summed E-state index contributed by atoms with van der Waals surface area (Å²) in [6.07, 6.45) is -1.34. The average Bonchev–Trinajstić information content (AvgIpc) is 3.28. The Labute approximate surface area is 224 Å². The zero-order chi connectivity index (χ0) is 28.2. The molecule has 1 aliphatic heterocycles. The summed E-state index contributed by atoms with van der Waals surface area (Å²) < 4.78 is 69.9. The summed E-state index contributed by atoms with van der Waals surface area (Å²) >= 11 is 0.282. The monoisotopic (exact) mass is 584 g/mol. The summed E-state index contributed by atoms with van der Waals surface area (Å²) in [7, 11) is -4.21. The van der Waals surface area contributed by atoms with Gasteiger partial charge in [-0.1, -0.05) is 18.3 Å². The van der Waals surface area contributed by atoms with Gasteiger partial charge in [0.15, 0.2) is 10.8 Å². The molecule has 1 aliphatic carbocycles. The fourth-order valence-electron chi connectivity index (χ4n) is 4.28. The highest BCUT2D eigenvalue weighted by atomic mass is 32.2. The maximum atomic E-state index is 13.3. The Morgan fingerprint density at radius 2 is 1.97 bits per heavy atom. The second-order valence-electron chi connectivity index (χ2n) is 9.50. The van der Waals surface area contributed by atoms with Gasteiger partial charge >= 0.3 is 6.18 Å². The lowest BCUT2D eigenvalue weighted by molar-refractivity contribution is -0.138. The Morgan fingerprint density at radius 1 is 1.28 bits per heavy atom. The first kappa shape index (κ1) is 27.2. The molecule has 2 aliphatic rings. The summed E-state index contributed by atoms with van der Waals surface area (Å²) in [6.45, 7) is 2.63. The Balaban J connectivity index is 1.56. The molecule has 3 aromatic heterocycles. The second-order valence-corrected chi connectivity index (χ2v) is 12.2. The molecule has 0 spiro atoms. The fraction of sp³-hybridized carbons (Fsp3) is 0.500. The number of imidazole rings is 1. The van der Waals surface area contributed by atoms with Gasteiger partial charge in [0.2, 0.25) is 20.9 Å². The molecule has 4 heterocycles. The van der Waals surface area contributed by atoms with Crippen molar-refractivity contribution in [3.63, 3.8) is 0 Å². The van der Waals surface area contributed by atoms with Gasteiger partial charge in [0.1, 0.15) is 10.4 Å². The smallest absolute Gasteiger partial charge is 0.396 e. The minimum atomic E-state index is -4.70. The Morgan fingerprint density at radius 3 is 2.54 bits per heavy atom. The molecule has 39 heavy (non-hydrogen) atoms. The first-order valence-corrected chi connectivity index (χ1v) is 14.2. The maximum Gasteiger partial charge on any atom is 0.445 e. The minimum absolute atomic E-state index is 0.0247. The van der Waals surface area contributed by atoms with Crippen molar-refractivity contribution >= 4 is 38.5 Å². The maximum absolute atomic E-state index is 13.3. The molecule has 2 N–H and O–H groups in total. The number of amides is 1. The Kier molecular flexibility index (Phi) is 6.77. The number of halogens is 3. The van der Waals surface area contributed by atoms with E-state index < -0.39 is 32.7 Å². The molecule has 1 unspecified atom stereocenters. The van der Waals surface area contributed by atoms with Crippen LogP contribution in [0.25, 0.3) is 16.3 Å². The van der Waals surface area contributed by atoms with Gasteiger partial charge in [0, 0.05) is 32.4 Å². The third kappa shape index (κ3) is 5.16. The molecule has 0 aromatic carbocycles. The molecular weight excluding hydrogens is 561 g/mol. The number of rotatable bonds is 7. The molecule has 208 valence electrons. The van der Waals surface area contributed by atoms with Crippen molar-refractivity contribution in [1.82, 2.24) is 29.2 Å². The standard InChI is InChI=1S/C22H23F3N8O4S2/c1-13(11-34)19(35)32-6-4-31(5-7-32)15-8-14(39(36,37)30-21(12-26)2-3-21)10-33-16(15)9-27-17(33)18-28-29-20(38-18)22(23,24)25/h8-10,13,30,34H,2-7,11H2,1H3. The van der Waals surface area contributed by atoms with Gasteiger partial charge in [-0.3, -0.25) is 9.20 Å². The van der Waals surface area contributed by atoms with Crippen molar-refractivity contribution < 1.29 is 31.5 Å². The van der Waals surface area contributed by atoms with E-state index in [9.17, 15) is 36.8 Å². The SMILES string of the molecule is CC(CO)C(=O)N1CCN(c2cc(S(=O)(=O)NC3(C#N)CC3)cn3c(-c4nnc(C(F)(F)F)s4)ncc23)CC1. The lowest BCUT2D eigenvalue weighted by atomic mass is 10.1. The Bertz CT molecular complexity index is 1570. The van der Waals surface area contributed by atoms with Crippen LogP contribution in [-0.4, -0.2) is 82.2 Å². The van der Waals surface area contributed by atoms with E-state index in [1.165, 1.54) is 22.9 Å². The largest absolute Gasteiger partial charge is 0.445 e. The minimum Gasteiger partial charge on any atom is -0.396 e. The lowest BCUT2D eigenvalue weighted by Crippen LogP contribution is -2.50. The third-order valence-corrected chi connectivity index (χ3v) is 9.15. The van der Waals surface area contributed by atoms with E-state index in [0.29, 0.717) is 50.2 Å². The van der Waals surface area contributed by atoms with E-state index >= 15 is 0 Å². The Hall–Kier alpha value is -3.33. The number of pyridine rings is 1. The fourth-order valence-corrected chi connectivity index (χ4v) is 6.37. The molecule has 2 fully saturated rings. The summed E-state index contributed by atoms with van der Waals surface area (Å²) in [6, 6.07) is 3.40. The number of sulfonamides is 1. The number of piperazine rings is 1. The van der Waals surface area contributed by atoms with Gasteiger partial charge in [-0.05, 0) is 18.9 Å². The van der Waals surface area contributed by atoms with Crippen molar-refractivity contribution in [2.24, 2.45) is 5.92 Å². The quantitative estimate of drug-likeness (QED) is 0.420. The first-order valence-electron chi connectivity index (χ1n) is 11.9. The number of carbonyl (C=O) groups excluding carboxylic acids is 1. The number of hydrogen-bond donors (Lipinski definition) is 2. The van der Waals surface area contributed by atoms with E-state index in [4.69, 9.17) is 0 Å². The summed E-state index contributed by atoms with van der Waals surface area (Å²) in [5, 5.41) is 24.2. The number of anilines is 1. The van der Waals surface area contributed by atoms with Crippen molar-refractivity contribution in [3.05, 3.63) is 23.5 Å². The van der Waals surface area contributed by atoms with Crippen molar-refractivity contribution in [1.29, 1.82) is 5.26 Å². The van der Waals surface area contributed by atoms with E-state index in [2.05, 4.69) is 19.9 Å². The van der Waals surface area contributed by atoms with Crippen LogP contribution in [-0.2, 0) is 21.0 Å². The van der Waals surface area contributed by atoms with E-state index in [1.54, 1.807) is 11.8 Å². The number of aliphatic hydroxyl groups excluding tert-OH is 1. The van der Waals surface area contributed by atoms with Crippen LogP contribution in [0.2, 0.25) is 0 Å². The van der Waals surface area contributed by atoms with Crippen molar-refractivity contribution in [2.75, 3.05) is 37.7 Å². The van der Waals surface area contributed by atoms with Crippen LogP contribution in [0.15, 0.2) is 23.4 Å². The summed E-state index contributed by atoms with van der Waals surface area (Å²) in [5.41, 5.74) is -0.346. The van der Waals surface area contributed by atoms with Crippen LogP contribution in [0.1, 0.15) is 24.8 Å². The number of aromatic nitrogens is 4. The molecular formula is C22H23F3N8O4S2. The van der Waals surface area contributed by atoms with Crippen LogP contribution < -0.4 is 9.62 Å². The van der Waals surface area contributed by atoms with E-state index in [-0.39, 0.29) is 39.6 Å². The van der Waals surface area contributed by atoms with E-state index in [1.807, 2.05) is 11.0 Å². The molecule has 0 radical (unpaired) electrons. The normalized spacial score (nSPS) is 18.3. The van der Waals surface area contributed by atoms with Gasteiger partial charge in [0.05, 0.1) is 36.0 Å². The molecule has 17 heteroatoms. The number of fused-ring (bicyclic) bond motifs is 1. The highest BCUT2D eigenvalue weighted by Crippen LogP contribution is 2.38. The van der Waals surface area contributed by atoms with Crippen LogP contribution >= 0.6 is 11.3 Å². The summed E-state index contributed by atoms with van der Waals surface area (Å²) in [4.78, 5) is 20.0. The number of hydrogen-bond acceptors (Lipinski definition) is 10. The molecule has 3 aromatic rings. The molecule has 1 atom stereocenters. The van der Waals surface area contributed by atoms with Gasteiger partial charge in [-0.15, -0.1) is 10.2 Å². The van der Waals surface area contributed by atoms with Crippen molar-refractivity contribution in [2.45, 2.75) is 36.4 Å². The number of nitriles is 1. The van der Waals surface area contributed by atoms with Gasteiger partial charge < -0.3 is 14.9 Å². The van der Waals surface area contributed by atoms with Crippen LogP contribution in [0.4, 0.5) is 18.9 Å². The number of alkyl halides is 3. The van der Waals surface area contributed by atoms with Gasteiger partial charge in [-0.2, -0.15) is 23.2 Å². The van der Waals surface area contributed by atoms with Crippen LogP contribution in [0.5, 0.6) is 0 Å². The average molecular weight is 585 g/mol. The molecule has 0 bridgehead atoms. The highest BCUT2D eigenvalue weighted by Gasteiger charge is 2.47. The molecule has 12 nitrogen and oxygen atoms in total. The molecule has 1 saturated heterocycles. The number of nitrogens with zero attached hydrogens (tertiary/aromatic N) is 7. The lowest BCUT2D eigenvalue weighted by Gasteiger charge is -2.37.